The summed E-state index contributed by atoms with van der Waals surface area (Å²) in [5.74, 6) is -0.286. The number of rotatable bonds is 11. The van der Waals surface area contributed by atoms with Gasteiger partial charge in [0.05, 0.1) is 12.5 Å². The Hall–Kier alpha value is -2.40. The molecule has 8 nitrogen and oxygen atoms in total. The number of nitrogens with two attached hydrogens (primary N) is 1. The minimum absolute atomic E-state index is 0.0591. The Morgan fingerprint density at radius 3 is 1.91 bits per heavy atom. The Morgan fingerprint density at radius 2 is 1.48 bits per heavy atom. The lowest BCUT2D eigenvalue weighted by Crippen LogP contribution is -2.43. The molecule has 0 spiro atoms. The summed E-state index contributed by atoms with van der Waals surface area (Å²) in [7, 11) is -4.49. The summed E-state index contributed by atoms with van der Waals surface area (Å²) >= 11 is 0. The van der Waals surface area contributed by atoms with Crippen molar-refractivity contribution < 1.29 is 26.0 Å². The Labute approximate surface area is 197 Å². The van der Waals surface area contributed by atoms with Gasteiger partial charge in [0.2, 0.25) is 5.91 Å². The van der Waals surface area contributed by atoms with E-state index in [0.29, 0.717) is 12.1 Å². The monoisotopic (exact) mass is 494 g/mol. The second-order valence-corrected chi connectivity index (χ2v) is 15.3. The lowest BCUT2D eigenvalue weighted by Gasteiger charge is -2.39. The van der Waals surface area contributed by atoms with Crippen LogP contribution in [0.2, 0.25) is 18.1 Å². The predicted molar refractivity (Wildman–Crippen MR) is 131 cm³/mol. The van der Waals surface area contributed by atoms with E-state index in [-0.39, 0.29) is 29.1 Å². The van der Waals surface area contributed by atoms with E-state index in [1.54, 1.807) is 36.4 Å². The van der Waals surface area contributed by atoms with Crippen LogP contribution in [0.3, 0.4) is 0 Å². The molecule has 0 bridgehead atoms. The molecule has 2 rings (SSSR count). The quantitative estimate of drug-likeness (QED) is 0.457. The van der Waals surface area contributed by atoms with Crippen molar-refractivity contribution in [3.8, 4) is 11.5 Å². The molecular weight excluding hydrogens is 460 g/mol. The van der Waals surface area contributed by atoms with Gasteiger partial charge < -0.3 is 23.8 Å². The molecule has 0 heterocycles. The maximum atomic E-state index is 12.3. The third kappa shape index (κ3) is 8.15. The average Bonchev–Trinajstić information content (AvgIpc) is 2.68. The third-order valence-electron chi connectivity index (χ3n) is 5.58. The summed E-state index contributed by atoms with van der Waals surface area (Å²) < 4.78 is 41.2. The summed E-state index contributed by atoms with van der Waals surface area (Å²) in [6, 6.07) is 12.7. The van der Waals surface area contributed by atoms with Gasteiger partial charge in [-0.2, -0.15) is 0 Å². The summed E-state index contributed by atoms with van der Waals surface area (Å²) in [5.41, 5.74) is 6.72. The van der Waals surface area contributed by atoms with Crippen LogP contribution in [0.5, 0.6) is 11.5 Å². The van der Waals surface area contributed by atoms with Crippen molar-refractivity contribution in [1.82, 2.24) is 5.32 Å². The van der Waals surface area contributed by atoms with E-state index in [9.17, 15) is 13.2 Å². The fraction of sp³-hybridized carbons (Fsp3) is 0.435. The first-order valence-electron chi connectivity index (χ1n) is 10.7. The van der Waals surface area contributed by atoms with Crippen LogP contribution in [0.25, 0.3) is 0 Å². The number of nitrogens with one attached hydrogen (secondary N) is 1. The highest BCUT2D eigenvalue weighted by Gasteiger charge is 2.39. The minimum atomic E-state index is -4.34. The van der Waals surface area contributed by atoms with Gasteiger partial charge in [0.25, 0.3) is 0 Å². The number of carbonyl (C=O) groups excluding carboxylic acids is 1. The van der Waals surface area contributed by atoms with Gasteiger partial charge in [-0.1, -0.05) is 45.0 Å². The fourth-order valence-electron chi connectivity index (χ4n) is 2.80. The highest BCUT2D eigenvalue weighted by Crippen LogP contribution is 2.39. The lowest BCUT2D eigenvalue weighted by molar-refractivity contribution is -0.117. The van der Waals surface area contributed by atoms with Gasteiger partial charge in [-0.15, -0.1) is 8.42 Å². The van der Waals surface area contributed by atoms with Gasteiger partial charge in [0, 0.05) is 6.54 Å². The third-order valence-corrected chi connectivity index (χ3v) is 10.9. The first kappa shape index (κ1) is 26.8. The topological polar surface area (TPSA) is 117 Å². The molecule has 33 heavy (non-hydrogen) atoms. The molecule has 0 saturated heterocycles. The van der Waals surface area contributed by atoms with Crippen LogP contribution in [0.4, 0.5) is 0 Å². The van der Waals surface area contributed by atoms with Crippen molar-refractivity contribution in [3.05, 3.63) is 59.7 Å². The molecule has 0 radical (unpaired) electrons. The average molecular weight is 495 g/mol. The number of primary amides is 1. The van der Waals surface area contributed by atoms with Crippen LogP contribution in [-0.2, 0) is 26.0 Å². The van der Waals surface area contributed by atoms with Crippen molar-refractivity contribution in [2.75, 3.05) is 13.6 Å². The predicted octanol–water partition coefficient (Wildman–Crippen LogP) is 3.70. The van der Waals surface area contributed by atoms with Crippen molar-refractivity contribution in [2.24, 2.45) is 5.73 Å². The van der Waals surface area contributed by atoms with E-state index in [1.807, 2.05) is 7.05 Å². The molecule has 1 amide bonds. The van der Waals surface area contributed by atoms with Gasteiger partial charge in [-0.3, -0.25) is 4.79 Å². The maximum Gasteiger partial charge on any atom is 0.500 e. The van der Waals surface area contributed by atoms with Crippen molar-refractivity contribution in [2.45, 2.75) is 51.4 Å². The fourth-order valence-corrected chi connectivity index (χ4v) is 4.81. The minimum Gasteiger partial charge on any atom is -0.409 e. The molecule has 0 aliphatic rings. The van der Waals surface area contributed by atoms with Gasteiger partial charge in [-0.05, 0) is 60.6 Å². The first-order chi connectivity index (χ1) is 15.2. The van der Waals surface area contributed by atoms with Crippen molar-refractivity contribution >= 4 is 24.6 Å². The van der Waals surface area contributed by atoms with Gasteiger partial charge in [-0.25, -0.2) is 0 Å². The Balaban J connectivity index is 2.09. The van der Waals surface area contributed by atoms with Crippen LogP contribution in [0.15, 0.2) is 48.5 Å². The highest BCUT2D eigenvalue weighted by atomic mass is 32.3. The molecule has 182 valence electrons. The number of benzene rings is 2. The SMILES string of the molecule is CNCC(O[Si](C)(C)C(C)(C)C)c1ccc(OS(=O)(=O)Oc2ccc(CC(N)=O)cc2)cc1. The first-order valence-corrected chi connectivity index (χ1v) is 14.9. The summed E-state index contributed by atoms with van der Waals surface area (Å²) in [5, 5.41) is 3.22. The van der Waals surface area contributed by atoms with Crippen LogP contribution >= 0.6 is 0 Å². The van der Waals surface area contributed by atoms with Crippen LogP contribution in [0, 0.1) is 0 Å². The highest BCUT2D eigenvalue weighted by molar-refractivity contribution is 7.82. The Bertz CT molecular complexity index is 1030. The molecule has 0 saturated carbocycles. The summed E-state index contributed by atoms with van der Waals surface area (Å²) in [6.45, 7) is 11.6. The van der Waals surface area contributed by atoms with E-state index < -0.39 is 24.6 Å². The molecule has 0 aromatic heterocycles. The number of amides is 1. The van der Waals surface area contributed by atoms with E-state index in [1.165, 1.54) is 12.1 Å². The van der Waals surface area contributed by atoms with Crippen LogP contribution in [0.1, 0.15) is 38.0 Å². The normalized spacial score (nSPS) is 13.4. The zero-order valence-corrected chi connectivity index (χ0v) is 21.9. The summed E-state index contributed by atoms with van der Waals surface area (Å²) in [6.07, 6.45) is -0.111. The lowest BCUT2D eigenvalue weighted by atomic mass is 10.1. The van der Waals surface area contributed by atoms with Gasteiger partial charge in [0.15, 0.2) is 8.32 Å². The van der Waals surface area contributed by atoms with E-state index in [0.717, 1.165) is 5.56 Å². The molecule has 1 unspecified atom stereocenters. The zero-order valence-electron chi connectivity index (χ0n) is 20.0. The number of hydrogen-bond acceptors (Lipinski definition) is 7. The Morgan fingerprint density at radius 1 is 1.00 bits per heavy atom. The second-order valence-electron chi connectivity index (χ2n) is 9.36. The summed E-state index contributed by atoms with van der Waals surface area (Å²) in [4.78, 5) is 11.0. The molecule has 2 aromatic rings. The molecule has 1 atom stereocenters. The molecule has 10 heteroatoms. The van der Waals surface area contributed by atoms with Crippen molar-refractivity contribution in [3.63, 3.8) is 0 Å². The Kier molecular flexibility index (Phi) is 8.69. The second kappa shape index (κ2) is 10.7. The zero-order chi connectivity index (χ0) is 24.9. The van der Waals surface area contributed by atoms with E-state index >= 15 is 0 Å². The molecule has 2 aromatic carbocycles. The largest absolute Gasteiger partial charge is 0.500 e. The van der Waals surface area contributed by atoms with E-state index in [4.69, 9.17) is 18.5 Å². The smallest absolute Gasteiger partial charge is 0.409 e. The number of carbonyl (C=O) groups is 1. The van der Waals surface area contributed by atoms with Gasteiger partial charge in [0.1, 0.15) is 11.5 Å². The standard InChI is InChI=1S/C23H34N2O6SSi/c1-23(2,3)33(5,6)31-21(16-25-4)18-9-13-20(14-10-18)30-32(27,28)29-19-11-7-17(8-12-19)15-22(24)26/h7-14,21,25H,15-16H2,1-6H3,(H2,24,26). The molecule has 0 aliphatic carbocycles. The number of hydrogen-bond donors (Lipinski definition) is 2. The van der Waals surface area contributed by atoms with Gasteiger partial charge >= 0.3 is 10.4 Å². The molecule has 0 aliphatic heterocycles. The van der Waals surface area contributed by atoms with E-state index in [2.05, 4.69) is 39.2 Å². The van der Waals surface area contributed by atoms with Crippen LogP contribution < -0.4 is 19.4 Å². The number of likely N-dealkylation sites (N-methyl/N-ethyl adjacent to an activating group) is 1. The molecule has 0 fully saturated rings. The maximum absolute atomic E-state index is 12.3. The molecular formula is C23H34N2O6SSi. The molecule has 3 N–H and O–H groups in total. The van der Waals surface area contributed by atoms with Crippen LogP contribution in [-0.4, -0.2) is 36.2 Å². The van der Waals surface area contributed by atoms with Crippen molar-refractivity contribution in [1.29, 1.82) is 0 Å².